The molecule has 2 aromatic heterocycles. The fourth-order valence-corrected chi connectivity index (χ4v) is 6.91. The number of hydrogen-bond acceptors (Lipinski definition) is 11. The van der Waals surface area contributed by atoms with Crippen LogP contribution in [0.3, 0.4) is 0 Å². The zero-order chi connectivity index (χ0) is 29.2. The van der Waals surface area contributed by atoms with Gasteiger partial charge >= 0.3 is 12.6 Å². The van der Waals surface area contributed by atoms with E-state index in [1.807, 2.05) is 0 Å². The van der Waals surface area contributed by atoms with Crippen molar-refractivity contribution in [3.8, 4) is 5.75 Å². The third-order valence-electron chi connectivity index (χ3n) is 6.26. The molecule has 1 fully saturated rings. The van der Waals surface area contributed by atoms with Crippen LogP contribution >= 0.6 is 18.2 Å². The lowest BCUT2D eigenvalue weighted by atomic mass is 9.99. The van der Waals surface area contributed by atoms with Crippen LogP contribution < -0.4 is 14.5 Å². The molecule has 1 aromatic carbocycles. The number of carbonyl (C=O) groups excluding carboxylic acids is 1. The number of rotatable bonds is 11. The summed E-state index contributed by atoms with van der Waals surface area (Å²) in [6.07, 6.45) is -3.58. The number of fused-ring (bicyclic) bond motifs is 1. The van der Waals surface area contributed by atoms with Gasteiger partial charge in [0.15, 0.2) is 29.4 Å². The number of methoxy groups -OCH3 is 1. The van der Waals surface area contributed by atoms with E-state index in [2.05, 4.69) is 20.0 Å². The Bertz CT molecular complexity index is 1400. The van der Waals surface area contributed by atoms with Gasteiger partial charge in [0.1, 0.15) is 29.3 Å². The minimum Gasteiger partial charge on any atom is -0.468 e. The SMILES string of the molecule is COC(=O)[C@@H](C)NP(=S)(OC[C@@]1(CCl)O[C@@H](n2cnc3c(N(C)C)nc(C)nc32)[C@H](F)[C@@H]1O)Oc1ccccc1. The molecule has 1 aliphatic rings. The number of nitrogens with one attached hydrogen (secondary N) is 1. The van der Waals surface area contributed by atoms with Crippen molar-refractivity contribution in [2.75, 3.05) is 38.6 Å². The zero-order valence-electron chi connectivity index (χ0n) is 22.5. The van der Waals surface area contributed by atoms with Gasteiger partial charge in [0.05, 0.1) is 25.9 Å². The Hall–Kier alpha value is -2.45. The van der Waals surface area contributed by atoms with Crippen molar-refractivity contribution < 1.29 is 32.8 Å². The fraction of sp³-hybridized carbons (Fsp3) is 0.500. The van der Waals surface area contributed by atoms with E-state index in [0.717, 1.165) is 0 Å². The van der Waals surface area contributed by atoms with Crippen molar-refractivity contribution in [1.29, 1.82) is 0 Å². The Morgan fingerprint density at radius 3 is 2.70 bits per heavy atom. The number of nitrogens with zero attached hydrogens (tertiary/aromatic N) is 5. The highest BCUT2D eigenvalue weighted by Crippen LogP contribution is 2.49. The van der Waals surface area contributed by atoms with Crippen LogP contribution in [-0.2, 0) is 30.6 Å². The molecule has 4 rings (SSSR count). The molecule has 0 amide bonds. The summed E-state index contributed by atoms with van der Waals surface area (Å²) in [6, 6.07) is 7.71. The molecule has 2 N–H and O–H groups in total. The molecule has 218 valence electrons. The molecule has 12 nitrogen and oxygen atoms in total. The smallest absolute Gasteiger partial charge is 0.323 e. The van der Waals surface area contributed by atoms with Crippen LogP contribution in [0.2, 0.25) is 0 Å². The Morgan fingerprint density at radius 2 is 2.08 bits per heavy atom. The van der Waals surface area contributed by atoms with Gasteiger partial charge in [-0.2, -0.15) is 0 Å². The number of carbonyl (C=O) groups is 1. The highest BCUT2D eigenvalue weighted by atomic mass is 35.5. The molecule has 1 saturated heterocycles. The summed E-state index contributed by atoms with van der Waals surface area (Å²) in [5.74, 6) is 0.433. The minimum atomic E-state index is -3.50. The molecule has 6 atom stereocenters. The predicted molar refractivity (Wildman–Crippen MR) is 151 cm³/mol. The average Bonchev–Trinajstić information content (AvgIpc) is 3.45. The number of benzene rings is 1. The molecule has 0 saturated carbocycles. The molecular formula is C24H31ClFN6O6PS. The number of aromatic nitrogens is 4. The van der Waals surface area contributed by atoms with Crippen molar-refractivity contribution >= 4 is 53.0 Å². The van der Waals surface area contributed by atoms with Crippen LogP contribution in [0.4, 0.5) is 10.2 Å². The molecular weight excluding hydrogens is 586 g/mol. The summed E-state index contributed by atoms with van der Waals surface area (Å²) in [7, 11) is 4.85. The minimum absolute atomic E-state index is 0.327. The van der Waals surface area contributed by atoms with Gasteiger partial charge in [-0.25, -0.2) is 24.4 Å². The van der Waals surface area contributed by atoms with Gasteiger partial charge in [-0.3, -0.25) is 9.36 Å². The maximum atomic E-state index is 15.7. The Labute approximate surface area is 241 Å². The number of hydrogen-bond donors (Lipinski definition) is 2. The number of halogens is 2. The molecule has 3 heterocycles. The fourth-order valence-electron chi connectivity index (χ4n) is 4.18. The molecule has 0 aliphatic carbocycles. The lowest BCUT2D eigenvalue weighted by Gasteiger charge is -2.33. The zero-order valence-corrected chi connectivity index (χ0v) is 25.0. The first kappa shape index (κ1) is 30.5. The van der Waals surface area contributed by atoms with Crippen LogP contribution in [-0.4, -0.2) is 88.2 Å². The second-order valence-corrected chi connectivity index (χ2v) is 12.9. The van der Waals surface area contributed by atoms with E-state index in [9.17, 15) is 9.90 Å². The van der Waals surface area contributed by atoms with E-state index >= 15 is 4.39 Å². The van der Waals surface area contributed by atoms with Crippen molar-refractivity contribution in [2.24, 2.45) is 0 Å². The summed E-state index contributed by atoms with van der Waals surface area (Å²) in [4.78, 5) is 27.1. The number of aliphatic hydroxyl groups is 1. The lowest BCUT2D eigenvalue weighted by Crippen LogP contribution is -2.48. The summed E-state index contributed by atoms with van der Waals surface area (Å²) in [5.41, 5.74) is -0.962. The molecule has 0 spiro atoms. The van der Waals surface area contributed by atoms with Crippen molar-refractivity contribution in [3.05, 3.63) is 42.5 Å². The highest BCUT2D eigenvalue weighted by molar-refractivity contribution is 8.09. The number of imidazole rings is 1. The Morgan fingerprint density at radius 1 is 1.38 bits per heavy atom. The summed E-state index contributed by atoms with van der Waals surface area (Å²) >= 11 is 12.0. The topological polar surface area (TPSA) is 133 Å². The third-order valence-corrected chi connectivity index (χ3v) is 9.19. The first-order valence-electron chi connectivity index (χ1n) is 12.2. The maximum Gasteiger partial charge on any atom is 0.323 e. The van der Waals surface area contributed by atoms with E-state index in [1.54, 1.807) is 56.3 Å². The molecule has 40 heavy (non-hydrogen) atoms. The third kappa shape index (κ3) is 6.08. The van der Waals surface area contributed by atoms with E-state index in [-0.39, 0.29) is 5.88 Å². The molecule has 0 bridgehead atoms. The van der Waals surface area contributed by atoms with Gasteiger partial charge in [0, 0.05) is 14.1 Å². The standard InChI is InChI=1S/C24H31ClFN6O6PS/c1-14(23(34)35-5)30-39(40,38-16-9-7-6-8-10-16)36-12-24(11-25)19(33)17(26)22(37-24)32-13-27-18-20(31(3)4)28-15(2)29-21(18)32/h6-10,13-14,17,19,22,33H,11-12H2,1-5H3,(H,30,40)/t14-,17-,19+,22-,24-,39?/m1/s1. The first-order valence-corrected chi connectivity index (χ1v) is 15.4. The van der Waals surface area contributed by atoms with Gasteiger partial charge in [-0.15, -0.1) is 11.6 Å². The second kappa shape index (κ2) is 12.2. The Balaban J connectivity index is 1.63. The molecule has 3 aromatic rings. The molecule has 1 aliphatic heterocycles. The van der Waals surface area contributed by atoms with E-state index in [1.165, 1.54) is 24.9 Å². The summed E-state index contributed by atoms with van der Waals surface area (Å²) < 4.78 is 40.0. The van der Waals surface area contributed by atoms with E-state index < -0.39 is 49.4 Å². The van der Waals surface area contributed by atoms with Gasteiger partial charge in [0.25, 0.3) is 0 Å². The van der Waals surface area contributed by atoms with Crippen molar-refractivity contribution in [3.63, 3.8) is 0 Å². The number of esters is 1. The number of alkyl halides is 2. The van der Waals surface area contributed by atoms with E-state index in [4.69, 9.17) is 41.9 Å². The maximum absolute atomic E-state index is 15.7. The summed E-state index contributed by atoms with van der Waals surface area (Å²) in [6.45, 7) is -0.710. The monoisotopic (exact) mass is 616 g/mol. The van der Waals surface area contributed by atoms with E-state index in [0.29, 0.717) is 28.6 Å². The largest absolute Gasteiger partial charge is 0.468 e. The number of anilines is 1. The van der Waals surface area contributed by atoms with Gasteiger partial charge in [-0.05, 0) is 37.8 Å². The number of para-hydroxylation sites is 1. The highest BCUT2D eigenvalue weighted by Gasteiger charge is 2.57. The lowest BCUT2D eigenvalue weighted by molar-refractivity contribution is -0.142. The second-order valence-electron chi connectivity index (χ2n) is 9.46. The predicted octanol–water partition coefficient (Wildman–Crippen LogP) is 2.88. The molecule has 0 radical (unpaired) electrons. The quantitative estimate of drug-likeness (QED) is 0.186. The Kier molecular flexibility index (Phi) is 9.30. The van der Waals surface area contributed by atoms with Crippen molar-refractivity contribution in [2.45, 2.75) is 44.0 Å². The van der Waals surface area contributed by atoms with Crippen LogP contribution in [0, 0.1) is 6.92 Å². The summed E-state index contributed by atoms with van der Waals surface area (Å²) in [5, 5.41) is 13.9. The molecule has 1 unspecified atom stereocenters. The number of aryl methyl sites for hydroxylation is 1. The van der Waals surface area contributed by atoms with Gasteiger partial charge in [-0.1, -0.05) is 18.2 Å². The van der Waals surface area contributed by atoms with Crippen LogP contribution in [0.15, 0.2) is 36.7 Å². The van der Waals surface area contributed by atoms with Crippen LogP contribution in [0.5, 0.6) is 5.75 Å². The van der Waals surface area contributed by atoms with Gasteiger partial charge in [0.2, 0.25) is 0 Å². The van der Waals surface area contributed by atoms with Gasteiger partial charge < -0.3 is 28.5 Å². The number of ether oxygens (including phenoxy) is 2. The van der Waals surface area contributed by atoms with Crippen LogP contribution in [0.1, 0.15) is 19.0 Å². The molecule has 16 heteroatoms. The average molecular weight is 617 g/mol. The number of aliphatic hydroxyl groups excluding tert-OH is 1. The first-order chi connectivity index (χ1) is 18.9. The van der Waals surface area contributed by atoms with Crippen molar-refractivity contribution in [1.82, 2.24) is 24.6 Å². The van der Waals surface area contributed by atoms with Crippen LogP contribution in [0.25, 0.3) is 11.2 Å². The normalized spacial score (nSPS) is 24.9.